The first-order valence-corrected chi connectivity index (χ1v) is 9.81. The number of rotatable bonds is 6. The molecular formula is C21H32N2O2. The van der Waals surface area contributed by atoms with Crippen molar-refractivity contribution in [3.05, 3.63) is 35.9 Å². The molecule has 1 aromatic rings. The lowest BCUT2D eigenvalue weighted by Crippen LogP contribution is -2.48. The van der Waals surface area contributed by atoms with Gasteiger partial charge in [-0.1, -0.05) is 43.2 Å². The zero-order chi connectivity index (χ0) is 17.5. The predicted molar refractivity (Wildman–Crippen MR) is 101 cm³/mol. The number of nitrogens with one attached hydrogen (secondary N) is 1. The van der Waals surface area contributed by atoms with E-state index in [9.17, 15) is 4.79 Å². The maximum atomic E-state index is 12.6. The van der Waals surface area contributed by atoms with Crippen LogP contribution < -0.4 is 5.32 Å². The molecule has 0 atom stereocenters. The molecule has 138 valence electrons. The molecule has 1 aliphatic heterocycles. The Hall–Kier alpha value is -1.55. The first kappa shape index (κ1) is 18.2. The lowest BCUT2D eigenvalue weighted by atomic mass is 9.79. The number of amides is 2. The molecule has 0 unspecified atom stereocenters. The molecule has 25 heavy (non-hydrogen) atoms. The highest BCUT2D eigenvalue weighted by Gasteiger charge is 2.36. The lowest BCUT2D eigenvalue weighted by molar-refractivity contribution is 0.138. The highest BCUT2D eigenvalue weighted by atomic mass is 16.5. The van der Waals surface area contributed by atoms with Crippen LogP contribution >= 0.6 is 0 Å². The summed E-state index contributed by atoms with van der Waals surface area (Å²) < 4.78 is 5.17. The summed E-state index contributed by atoms with van der Waals surface area (Å²) in [5.41, 5.74) is 1.51. The first-order chi connectivity index (χ1) is 12.2. The molecule has 1 aromatic carbocycles. The minimum Gasteiger partial charge on any atom is -0.385 e. The van der Waals surface area contributed by atoms with Crippen LogP contribution in [-0.2, 0) is 10.2 Å². The predicted octanol–water partition coefficient (Wildman–Crippen LogP) is 3.96. The maximum absolute atomic E-state index is 12.6. The zero-order valence-corrected chi connectivity index (χ0v) is 15.5. The van der Waals surface area contributed by atoms with Crippen molar-refractivity contribution in [2.24, 2.45) is 5.92 Å². The highest BCUT2D eigenvalue weighted by molar-refractivity contribution is 5.74. The highest BCUT2D eigenvalue weighted by Crippen LogP contribution is 2.40. The van der Waals surface area contributed by atoms with Crippen LogP contribution in [0.4, 0.5) is 4.79 Å². The molecule has 0 radical (unpaired) electrons. The van der Waals surface area contributed by atoms with E-state index in [4.69, 9.17) is 4.74 Å². The third-order valence-corrected chi connectivity index (χ3v) is 6.16. The van der Waals surface area contributed by atoms with Gasteiger partial charge in [-0.3, -0.25) is 0 Å². The maximum Gasteiger partial charge on any atom is 0.317 e. The van der Waals surface area contributed by atoms with Crippen molar-refractivity contribution in [3.8, 4) is 0 Å². The fourth-order valence-electron chi connectivity index (χ4n) is 4.48. The van der Waals surface area contributed by atoms with E-state index in [2.05, 4.69) is 35.6 Å². The first-order valence-electron chi connectivity index (χ1n) is 9.81. The second-order valence-corrected chi connectivity index (χ2v) is 7.72. The van der Waals surface area contributed by atoms with Crippen LogP contribution in [0.5, 0.6) is 0 Å². The molecule has 2 aliphatic rings. The van der Waals surface area contributed by atoms with Crippen LogP contribution in [0, 0.1) is 5.92 Å². The lowest BCUT2D eigenvalue weighted by Gasteiger charge is -2.34. The Morgan fingerprint density at radius 3 is 2.52 bits per heavy atom. The second-order valence-electron chi connectivity index (χ2n) is 7.72. The molecule has 1 saturated heterocycles. The van der Waals surface area contributed by atoms with Crippen molar-refractivity contribution in [1.29, 1.82) is 0 Å². The van der Waals surface area contributed by atoms with Gasteiger partial charge < -0.3 is 15.0 Å². The van der Waals surface area contributed by atoms with Crippen LogP contribution in [0.2, 0.25) is 0 Å². The largest absolute Gasteiger partial charge is 0.385 e. The van der Waals surface area contributed by atoms with Crippen molar-refractivity contribution < 1.29 is 9.53 Å². The topological polar surface area (TPSA) is 41.6 Å². The van der Waals surface area contributed by atoms with Gasteiger partial charge >= 0.3 is 6.03 Å². The molecule has 4 nitrogen and oxygen atoms in total. The van der Waals surface area contributed by atoms with E-state index >= 15 is 0 Å². The van der Waals surface area contributed by atoms with Crippen molar-refractivity contribution in [2.75, 3.05) is 33.4 Å². The number of benzene rings is 1. The van der Waals surface area contributed by atoms with Crippen molar-refractivity contribution in [1.82, 2.24) is 10.2 Å². The van der Waals surface area contributed by atoms with E-state index in [1.165, 1.54) is 31.2 Å². The minimum absolute atomic E-state index is 0.118. The molecule has 4 heteroatoms. The molecule has 1 N–H and O–H groups in total. The van der Waals surface area contributed by atoms with E-state index in [1.54, 1.807) is 7.11 Å². The Labute approximate surface area is 151 Å². The van der Waals surface area contributed by atoms with Gasteiger partial charge in [-0.2, -0.15) is 0 Å². The third kappa shape index (κ3) is 4.55. The van der Waals surface area contributed by atoms with Gasteiger partial charge in [0.15, 0.2) is 0 Å². The summed E-state index contributed by atoms with van der Waals surface area (Å²) in [5.74, 6) is 0.703. The Kier molecular flexibility index (Phi) is 6.35. The van der Waals surface area contributed by atoms with Gasteiger partial charge in [-0.15, -0.1) is 0 Å². The van der Waals surface area contributed by atoms with Gasteiger partial charge in [0, 0.05) is 38.8 Å². The average Bonchev–Trinajstić information content (AvgIpc) is 3.16. The number of likely N-dealkylation sites (tertiary alicyclic amines) is 1. The van der Waals surface area contributed by atoms with Crippen molar-refractivity contribution >= 4 is 6.03 Å². The summed E-state index contributed by atoms with van der Waals surface area (Å²) in [6, 6.07) is 10.9. The normalized spacial score (nSPS) is 20.6. The molecular weight excluding hydrogens is 312 g/mol. The summed E-state index contributed by atoms with van der Waals surface area (Å²) in [4.78, 5) is 14.6. The summed E-state index contributed by atoms with van der Waals surface area (Å²) in [6.07, 6.45) is 8.18. The minimum atomic E-state index is 0.118. The van der Waals surface area contributed by atoms with Gasteiger partial charge in [0.1, 0.15) is 0 Å². The van der Waals surface area contributed by atoms with Gasteiger partial charge in [0.05, 0.1) is 0 Å². The molecule has 3 rings (SSSR count). The Morgan fingerprint density at radius 1 is 1.20 bits per heavy atom. The number of carbonyl (C=O) groups excluding carboxylic acids is 1. The van der Waals surface area contributed by atoms with E-state index in [0.29, 0.717) is 5.92 Å². The van der Waals surface area contributed by atoms with Crippen molar-refractivity contribution in [2.45, 2.75) is 50.4 Å². The number of nitrogens with zero attached hydrogens (tertiary/aromatic N) is 1. The molecule has 0 spiro atoms. The summed E-state index contributed by atoms with van der Waals surface area (Å²) in [6.45, 7) is 3.34. The second kappa shape index (κ2) is 8.70. The molecule has 1 heterocycles. The Bertz CT molecular complexity index is 532. The standard InChI is InChI=1S/C21H32N2O2/c1-25-16-11-18-9-14-23(15-10-18)20(24)22-17-21(12-5-6-13-21)19-7-3-2-4-8-19/h2-4,7-8,18H,5-6,9-17H2,1H3,(H,22,24). The van der Waals surface area contributed by atoms with E-state index in [1.807, 2.05) is 4.90 Å². The van der Waals surface area contributed by atoms with Crippen LogP contribution in [0.15, 0.2) is 30.3 Å². The third-order valence-electron chi connectivity index (χ3n) is 6.16. The fourth-order valence-corrected chi connectivity index (χ4v) is 4.48. The number of piperidine rings is 1. The summed E-state index contributed by atoms with van der Waals surface area (Å²) >= 11 is 0. The van der Waals surface area contributed by atoms with Crippen LogP contribution in [0.1, 0.15) is 50.5 Å². The van der Waals surface area contributed by atoms with Crippen molar-refractivity contribution in [3.63, 3.8) is 0 Å². The molecule has 1 saturated carbocycles. The average molecular weight is 344 g/mol. The fraction of sp³-hybridized carbons (Fsp3) is 0.667. The number of methoxy groups -OCH3 is 1. The van der Waals surface area contributed by atoms with Gasteiger partial charge in [0.25, 0.3) is 0 Å². The monoisotopic (exact) mass is 344 g/mol. The number of hydrogen-bond donors (Lipinski definition) is 1. The molecule has 2 amide bonds. The van der Waals surface area contributed by atoms with Crippen LogP contribution in [0.25, 0.3) is 0 Å². The van der Waals surface area contributed by atoms with E-state index in [0.717, 1.165) is 45.5 Å². The quantitative estimate of drug-likeness (QED) is 0.849. The van der Waals surface area contributed by atoms with E-state index in [-0.39, 0.29) is 11.4 Å². The number of hydrogen-bond acceptors (Lipinski definition) is 2. The zero-order valence-electron chi connectivity index (χ0n) is 15.5. The molecule has 2 fully saturated rings. The Balaban J connectivity index is 1.51. The number of urea groups is 1. The SMILES string of the molecule is COCCC1CCN(C(=O)NCC2(c3ccccc3)CCCC2)CC1. The number of ether oxygens (including phenoxy) is 1. The summed E-state index contributed by atoms with van der Waals surface area (Å²) in [5, 5.41) is 3.25. The van der Waals surface area contributed by atoms with E-state index < -0.39 is 0 Å². The van der Waals surface area contributed by atoms with Gasteiger partial charge in [-0.05, 0) is 43.6 Å². The van der Waals surface area contributed by atoms with Gasteiger partial charge in [0.2, 0.25) is 0 Å². The molecule has 1 aliphatic carbocycles. The van der Waals surface area contributed by atoms with Gasteiger partial charge in [-0.25, -0.2) is 4.79 Å². The number of carbonyl (C=O) groups is 1. The van der Waals surface area contributed by atoms with Crippen LogP contribution in [-0.4, -0.2) is 44.3 Å². The van der Waals surface area contributed by atoms with Crippen LogP contribution in [0.3, 0.4) is 0 Å². The Morgan fingerprint density at radius 2 is 1.88 bits per heavy atom. The molecule has 0 bridgehead atoms. The summed E-state index contributed by atoms with van der Waals surface area (Å²) in [7, 11) is 1.76. The smallest absolute Gasteiger partial charge is 0.317 e. The molecule has 0 aromatic heterocycles.